The third-order valence-corrected chi connectivity index (χ3v) is 4.50. The topological polar surface area (TPSA) is 88.4 Å². The molecular formula is C13H22O6. The second-order valence-corrected chi connectivity index (χ2v) is 6.03. The SMILES string of the molecule is C[C@@]1(O)[C@@H]([C@H](O)CO)O[C@@H]2OC3(CCCCC3)O[C@@H]21. The van der Waals surface area contributed by atoms with Crippen molar-refractivity contribution in [1.29, 1.82) is 0 Å². The Kier molecular flexibility index (Phi) is 3.36. The van der Waals surface area contributed by atoms with Gasteiger partial charge in [-0.05, 0) is 19.8 Å². The Hall–Kier alpha value is -0.240. The van der Waals surface area contributed by atoms with Crippen molar-refractivity contribution in [2.45, 2.75) is 75.0 Å². The minimum Gasteiger partial charge on any atom is -0.394 e. The number of hydrogen-bond donors (Lipinski definition) is 3. The van der Waals surface area contributed by atoms with E-state index in [0.717, 1.165) is 25.7 Å². The minimum absolute atomic E-state index is 0.467. The van der Waals surface area contributed by atoms with Crippen molar-refractivity contribution in [3.63, 3.8) is 0 Å². The molecule has 110 valence electrons. The molecule has 3 fully saturated rings. The average molecular weight is 274 g/mol. The minimum atomic E-state index is -1.37. The van der Waals surface area contributed by atoms with E-state index < -0.39 is 42.6 Å². The first kappa shape index (κ1) is 13.7. The van der Waals surface area contributed by atoms with Crippen LogP contribution in [0.1, 0.15) is 39.0 Å². The van der Waals surface area contributed by atoms with Gasteiger partial charge in [-0.3, -0.25) is 0 Å². The first-order valence-corrected chi connectivity index (χ1v) is 7.01. The summed E-state index contributed by atoms with van der Waals surface area (Å²) >= 11 is 0. The lowest BCUT2D eigenvalue weighted by atomic mass is 9.91. The summed E-state index contributed by atoms with van der Waals surface area (Å²) in [4.78, 5) is 0. The van der Waals surface area contributed by atoms with Gasteiger partial charge in [0.25, 0.3) is 0 Å². The zero-order valence-corrected chi connectivity index (χ0v) is 11.1. The molecule has 2 heterocycles. The zero-order valence-electron chi connectivity index (χ0n) is 11.1. The van der Waals surface area contributed by atoms with Crippen LogP contribution in [0.3, 0.4) is 0 Å². The number of ether oxygens (including phenoxy) is 3. The lowest BCUT2D eigenvalue weighted by Gasteiger charge is -2.36. The van der Waals surface area contributed by atoms with Crippen molar-refractivity contribution in [2.24, 2.45) is 0 Å². The first-order valence-electron chi connectivity index (χ1n) is 7.01. The van der Waals surface area contributed by atoms with Crippen molar-refractivity contribution < 1.29 is 29.5 Å². The van der Waals surface area contributed by atoms with Crippen LogP contribution in [-0.2, 0) is 14.2 Å². The average Bonchev–Trinajstić information content (AvgIpc) is 2.85. The number of hydrogen-bond acceptors (Lipinski definition) is 6. The maximum absolute atomic E-state index is 10.5. The van der Waals surface area contributed by atoms with E-state index in [4.69, 9.17) is 19.3 Å². The van der Waals surface area contributed by atoms with E-state index in [9.17, 15) is 10.2 Å². The van der Waals surface area contributed by atoms with Crippen LogP contribution in [0.4, 0.5) is 0 Å². The molecule has 19 heavy (non-hydrogen) atoms. The third kappa shape index (κ3) is 2.11. The van der Waals surface area contributed by atoms with Gasteiger partial charge in [-0.1, -0.05) is 6.42 Å². The van der Waals surface area contributed by atoms with Gasteiger partial charge >= 0.3 is 0 Å². The monoisotopic (exact) mass is 274 g/mol. The van der Waals surface area contributed by atoms with Crippen molar-refractivity contribution in [1.82, 2.24) is 0 Å². The zero-order chi connectivity index (χ0) is 13.7. The third-order valence-electron chi connectivity index (χ3n) is 4.50. The molecule has 0 aromatic carbocycles. The maximum Gasteiger partial charge on any atom is 0.190 e. The van der Waals surface area contributed by atoms with Gasteiger partial charge in [-0.2, -0.15) is 0 Å². The van der Waals surface area contributed by atoms with Crippen LogP contribution in [0.2, 0.25) is 0 Å². The molecule has 2 aliphatic heterocycles. The Balaban J connectivity index is 1.76. The molecule has 0 aromatic rings. The highest BCUT2D eigenvalue weighted by atomic mass is 16.8. The number of fused-ring (bicyclic) bond motifs is 1. The van der Waals surface area contributed by atoms with Crippen molar-refractivity contribution in [2.75, 3.05) is 6.61 Å². The summed E-state index contributed by atoms with van der Waals surface area (Å²) < 4.78 is 17.4. The van der Waals surface area contributed by atoms with Crippen LogP contribution in [0, 0.1) is 0 Å². The van der Waals surface area contributed by atoms with E-state index in [0.29, 0.717) is 0 Å². The molecule has 6 heteroatoms. The van der Waals surface area contributed by atoms with Crippen LogP contribution < -0.4 is 0 Å². The smallest absolute Gasteiger partial charge is 0.190 e. The van der Waals surface area contributed by atoms with Gasteiger partial charge < -0.3 is 29.5 Å². The molecule has 2 saturated heterocycles. The Bertz CT molecular complexity index is 338. The summed E-state index contributed by atoms with van der Waals surface area (Å²) in [6, 6.07) is 0. The highest BCUT2D eigenvalue weighted by Crippen LogP contribution is 2.48. The van der Waals surface area contributed by atoms with E-state index >= 15 is 0 Å². The molecule has 1 saturated carbocycles. The van der Waals surface area contributed by atoms with E-state index in [1.165, 1.54) is 6.42 Å². The molecule has 0 bridgehead atoms. The molecule has 5 atom stereocenters. The maximum atomic E-state index is 10.5. The Morgan fingerprint density at radius 3 is 2.47 bits per heavy atom. The lowest BCUT2D eigenvalue weighted by molar-refractivity contribution is -0.265. The number of aliphatic hydroxyl groups is 3. The lowest BCUT2D eigenvalue weighted by Crippen LogP contribution is -2.52. The highest BCUT2D eigenvalue weighted by Gasteiger charge is 2.64. The van der Waals surface area contributed by atoms with Crippen LogP contribution in [0.5, 0.6) is 0 Å². The van der Waals surface area contributed by atoms with Gasteiger partial charge in [0.15, 0.2) is 12.1 Å². The fourth-order valence-corrected chi connectivity index (χ4v) is 3.43. The summed E-state index contributed by atoms with van der Waals surface area (Å²) in [5.74, 6) is -0.632. The molecule has 1 spiro atoms. The summed E-state index contributed by atoms with van der Waals surface area (Å²) in [6.45, 7) is 1.10. The van der Waals surface area contributed by atoms with E-state index in [2.05, 4.69) is 0 Å². The number of aliphatic hydroxyl groups excluding tert-OH is 2. The highest BCUT2D eigenvalue weighted by molar-refractivity contribution is 5.05. The predicted molar refractivity (Wildman–Crippen MR) is 64.2 cm³/mol. The van der Waals surface area contributed by atoms with Crippen LogP contribution in [-0.4, -0.2) is 57.9 Å². The van der Waals surface area contributed by atoms with E-state index in [1.807, 2.05) is 0 Å². The molecule has 3 N–H and O–H groups in total. The van der Waals surface area contributed by atoms with Crippen LogP contribution in [0.25, 0.3) is 0 Å². The van der Waals surface area contributed by atoms with Crippen molar-refractivity contribution >= 4 is 0 Å². The summed E-state index contributed by atoms with van der Waals surface area (Å²) in [7, 11) is 0. The molecule has 3 rings (SSSR count). The molecule has 0 amide bonds. The molecule has 0 radical (unpaired) electrons. The summed E-state index contributed by atoms with van der Waals surface area (Å²) in [6.07, 6.45) is 1.57. The summed E-state index contributed by atoms with van der Waals surface area (Å²) in [5, 5.41) is 29.3. The normalized spacial score (nSPS) is 46.4. The Morgan fingerprint density at radius 1 is 1.21 bits per heavy atom. The number of rotatable bonds is 2. The molecule has 3 aliphatic rings. The second kappa shape index (κ2) is 4.65. The quantitative estimate of drug-likeness (QED) is 0.651. The predicted octanol–water partition coefficient (Wildman–Crippen LogP) is -0.109. The molecule has 0 unspecified atom stereocenters. The Labute approximate surface area is 112 Å². The van der Waals surface area contributed by atoms with Gasteiger partial charge in [0.1, 0.15) is 23.9 Å². The largest absolute Gasteiger partial charge is 0.394 e. The van der Waals surface area contributed by atoms with E-state index in [1.54, 1.807) is 6.92 Å². The van der Waals surface area contributed by atoms with Gasteiger partial charge in [0, 0.05) is 12.8 Å². The van der Waals surface area contributed by atoms with Crippen LogP contribution >= 0.6 is 0 Å². The fourth-order valence-electron chi connectivity index (χ4n) is 3.43. The molecule has 0 aromatic heterocycles. The molecular weight excluding hydrogens is 252 g/mol. The van der Waals surface area contributed by atoms with Gasteiger partial charge in [0.2, 0.25) is 0 Å². The van der Waals surface area contributed by atoms with Crippen molar-refractivity contribution in [3.8, 4) is 0 Å². The van der Waals surface area contributed by atoms with Crippen LogP contribution in [0.15, 0.2) is 0 Å². The second-order valence-electron chi connectivity index (χ2n) is 6.03. The fraction of sp³-hybridized carbons (Fsp3) is 1.00. The van der Waals surface area contributed by atoms with Gasteiger partial charge in [-0.15, -0.1) is 0 Å². The standard InChI is InChI=1S/C13H22O6/c1-12(16)9(8(15)7-14)17-11-10(12)18-13(19-11)5-3-2-4-6-13/h8-11,14-16H,2-7H2,1H3/t8-,9-,10+,11-,12-/m1/s1. The van der Waals surface area contributed by atoms with Crippen molar-refractivity contribution in [3.05, 3.63) is 0 Å². The van der Waals surface area contributed by atoms with E-state index in [-0.39, 0.29) is 0 Å². The van der Waals surface area contributed by atoms with Gasteiger partial charge in [-0.25, -0.2) is 0 Å². The Morgan fingerprint density at radius 2 is 1.89 bits per heavy atom. The first-order chi connectivity index (χ1) is 8.98. The summed E-state index contributed by atoms with van der Waals surface area (Å²) in [5.41, 5.74) is -1.37. The molecule has 6 nitrogen and oxygen atoms in total. The molecule has 1 aliphatic carbocycles. The van der Waals surface area contributed by atoms with Gasteiger partial charge in [0.05, 0.1) is 6.61 Å².